The monoisotopic (exact) mass is 1010 g/mol. The van der Waals surface area contributed by atoms with Gasteiger partial charge in [0, 0.05) is 35.5 Å². The van der Waals surface area contributed by atoms with Crippen molar-refractivity contribution in [1.82, 2.24) is 9.80 Å². The summed E-state index contributed by atoms with van der Waals surface area (Å²) in [5.74, 6) is 2.41. The number of fused-ring (bicyclic) bond motifs is 4. The molecule has 7 aliphatic heterocycles. The van der Waals surface area contributed by atoms with Crippen molar-refractivity contribution in [3.63, 3.8) is 0 Å². The van der Waals surface area contributed by atoms with Gasteiger partial charge in [-0.25, -0.2) is 9.59 Å². The van der Waals surface area contributed by atoms with E-state index in [1.807, 2.05) is 92.8 Å². The van der Waals surface area contributed by atoms with Crippen LogP contribution in [-0.2, 0) is 51.7 Å². The summed E-state index contributed by atoms with van der Waals surface area (Å²) in [6.07, 6.45) is 3.28. The Morgan fingerprint density at radius 1 is 0.597 bits per heavy atom. The van der Waals surface area contributed by atoms with E-state index in [0.717, 1.165) is 23.4 Å². The highest BCUT2D eigenvalue weighted by Crippen LogP contribution is 2.45. The molecule has 5 fully saturated rings. The largest absolute Gasteiger partial charge is 0.534 e. The molecule has 380 valence electrons. The quantitative estimate of drug-likeness (QED) is 0.149. The summed E-state index contributed by atoms with van der Waals surface area (Å²) >= 11 is 3.42. The number of alkyl halides is 3. The van der Waals surface area contributed by atoms with Gasteiger partial charge in [0.05, 0.1) is 51.7 Å². The van der Waals surface area contributed by atoms with E-state index in [2.05, 4.69) is 38.0 Å². The lowest BCUT2D eigenvalue weighted by atomic mass is 9.49. The smallest absolute Gasteiger partial charge is 0.444 e. The van der Waals surface area contributed by atoms with E-state index >= 15 is 0 Å². The van der Waals surface area contributed by atoms with Gasteiger partial charge in [-0.3, -0.25) is 9.80 Å². The fourth-order valence-electron chi connectivity index (χ4n) is 7.80. The summed E-state index contributed by atoms with van der Waals surface area (Å²) in [4.78, 5) is 28.3. The van der Waals surface area contributed by atoms with Gasteiger partial charge in [0.2, 0.25) is 0 Å². The van der Waals surface area contributed by atoms with Crippen molar-refractivity contribution < 1.29 is 72.8 Å². The van der Waals surface area contributed by atoms with Gasteiger partial charge in [-0.15, -0.1) is 0 Å². The second-order valence-electron chi connectivity index (χ2n) is 22.9. The summed E-state index contributed by atoms with van der Waals surface area (Å²) in [7, 11) is -6.98. The number of halogens is 3. The maximum absolute atomic E-state index is 12.7. The third kappa shape index (κ3) is 12.8. The number of carbonyl (C=O) groups is 2. The van der Waals surface area contributed by atoms with Crippen LogP contribution in [0.3, 0.4) is 0 Å². The minimum absolute atomic E-state index is 0.0429. The van der Waals surface area contributed by atoms with Crippen molar-refractivity contribution in [2.45, 2.75) is 212 Å². The number of hydrogen-bond acceptors (Lipinski definition) is 15. The molecule has 0 radical (unpaired) electrons. The Morgan fingerprint density at radius 2 is 0.940 bits per heavy atom. The zero-order chi connectivity index (χ0) is 50.9. The van der Waals surface area contributed by atoms with Gasteiger partial charge in [0.1, 0.15) is 17.0 Å². The van der Waals surface area contributed by atoms with Gasteiger partial charge in [-0.2, -0.15) is 45.1 Å². The number of ether oxygens (including phenoxy) is 2. The Morgan fingerprint density at radius 3 is 1.27 bits per heavy atom. The molecular weight excluding hydrogens is 938 g/mol. The van der Waals surface area contributed by atoms with E-state index < -0.39 is 59.0 Å². The first kappa shape index (κ1) is 56.1. The molecule has 2 amide bonds. The highest BCUT2D eigenvalue weighted by molar-refractivity contribution is 7.99. The van der Waals surface area contributed by atoms with Crippen LogP contribution >= 0.6 is 23.5 Å². The first-order valence-corrected chi connectivity index (χ1v) is 26.5. The Hall–Kier alpha value is -1.79. The van der Waals surface area contributed by atoms with Gasteiger partial charge in [0.25, 0.3) is 0 Å². The number of amides is 2. The minimum atomic E-state index is -5.70. The molecule has 0 aromatic carbocycles. The normalized spacial score (nSPS) is 29.1. The molecule has 0 N–H and O–H groups in total. The van der Waals surface area contributed by atoms with Crippen LogP contribution in [0.5, 0.6) is 0 Å². The SMILES string of the molecule is CC(C)(C)OC(=O)N1C2C=C(B3OC(C)(C)C(C)(C)O3)CC1CSC2.CC(C)(C)OC(=O)N1C2C=C(OS(=O)(=O)C(F)(F)F)CC1CSC2.CC1(C)OB(B2OC(C)(C)C(C)(C)O2)OC1(C)C. The average Bonchev–Trinajstić information content (AvgIpc) is 3.58. The Balaban J connectivity index is 0.000000191. The Bertz CT molecular complexity index is 1940. The van der Waals surface area contributed by atoms with Gasteiger partial charge in [0.15, 0.2) is 0 Å². The molecular formula is C43H72B3F3N2O13S3. The molecule has 7 aliphatic rings. The second kappa shape index (κ2) is 19.0. The van der Waals surface area contributed by atoms with Crippen LogP contribution in [0.15, 0.2) is 23.4 Å². The Labute approximate surface area is 406 Å². The molecule has 7 heterocycles. The molecule has 0 saturated carbocycles. The minimum Gasteiger partial charge on any atom is -0.444 e. The van der Waals surface area contributed by atoms with Crippen molar-refractivity contribution >= 4 is 67.0 Å². The number of thioether (sulfide) groups is 2. The topological polar surface area (TPSA) is 158 Å². The first-order valence-electron chi connectivity index (χ1n) is 22.7. The first-order chi connectivity index (χ1) is 30.1. The maximum atomic E-state index is 12.7. The highest BCUT2D eigenvalue weighted by Gasteiger charge is 2.64. The Kier molecular flexibility index (Phi) is 15.9. The van der Waals surface area contributed by atoms with Crippen molar-refractivity contribution in [2.24, 2.45) is 0 Å². The lowest BCUT2D eigenvalue weighted by Gasteiger charge is -2.44. The number of nitrogens with zero attached hydrogens (tertiary/aromatic N) is 2. The van der Waals surface area contributed by atoms with Gasteiger partial charge < -0.3 is 41.6 Å². The molecule has 4 unspecified atom stereocenters. The van der Waals surface area contributed by atoms with Crippen molar-refractivity contribution in [3.05, 3.63) is 23.4 Å². The van der Waals surface area contributed by atoms with Crippen LogP contribution in [-0.4, -0.2) is 149 Å². The van der Waals surface area contributed by atoms with Crippen LogP contribution in [0, 0.1) is 0 Å². The molecule has 4 atom stereocenters. The number of carbonyl (C=O) groups excluding carboxylic acids is 2. The highest BCUT2D eigenvalue weighted by atomic mass is 32.2. The summed E-state index contributed by atoms with van der Waals surface area (Å²) < 4.78 is 111. The summed E-state index contributed by atoms with van der Waals surface area (Å²) in [6, 6.07) is -0.873. The van der Waals surface area contributed by atoms with E-state index in [1.165, 1.54) is 22.7 Å². The van der Waals surface area contributed by atoms with E-state index in [0.29, 0.717) is 11.5 Å². The van der Waals surface area contributed by atoms with Crippen LogP contribution in [0.1, 0.15) is 137 Å². The van der Waals surface area contributed by atoms with Crippen molar-refractivity contribution in [1.29, 1.82) is 0 Å². The zero-order valence-corrected chi connectivity index (χ0v) is 44.9. The maximum Gasteiger partial charge on any atom is 0.534 e. The molecule has 0 aromatic heterocycles. The van der Waals surface area contributed by atoms with Crippen LogP contribution in [0.25, 0.3) is 0 Å². The molecule has 5 saturated heterocycles. The van der Waals surface area contributed by atoms with E-state index in [1.54, 1.807) is 20.8 Å². The molecule has 67 heavy (non-hydrogen) atoms. The molecule has 0 aromatic rings. The number of rotatable bonds is 4. The third-order valence-electron chi connectivity index (χ3n) is 13.4. The van der Waals surface area contributed by atoms with Crippen molar-refractivity contribution in [3.8, 4) is 0 Å². The van der Waals surface area contributed by atoms with Crippen molar-refractivity contribution in [2.75, 3.05) is 23.0 Å². The molecule has 0 spiro atoms. The standard InChI is InChI=1S/C18H30BNO4S.C13H18F3NO5S2.C12H24B2O4/c1-16(2,3)22-15(21)20-13-8-12(9-14(20)11-25-10-13)19-23-17(4,5)18(6,7)24-19;1-12(2,3)21-11(18)17-8-4-10(5-9(17)7-23-6-8)22-24(19,20)13(14,15)16;1-9(2)10(3,4)16-13(15-9)14-17-11(5,6)12(7,8)18-14/h8,13-14H,9-11H2,1-7H3;4,8-9H,5-7H2,1-3H3;1-8H3. The fraction of sp³-hybridized carbons (Fsp3) is 0.860. The lowest BCUT2D eigenvalue weighted by molar-refractivity contribution is -0.0529. The predicted octanol–water partition coefficient (Wildman–Crippen LogP) is 8.78. The van der Waals surface area contributed by atoms with Gasteiger partial charge >= 0.3 is 48.9 Å². The molecule has 24 heteroatoms. The average molecular weight is 1010 g/mol. The molecule has 7 rings (SSSR count). The predicted molar refractivity (Wildman–Crippen MR) is 256 cm³/mol. The summed E-state index contributed by atoms with van der Waals surface area (Å²) in [5.41, 5.74) is -7.64. The van der Waals surface area contributed by atoms with Crippen LogP contribution < -0.4 is 0 Å². The van der Waals surface area contributed by atoms with Gasteiger partial charge in [-0.05, 0) is 143 Å². The fourth-order valence-corrected chi connectivity index (χ4v) is 10.7. The molecule has 4 bridgehead atoms. The summed E-state index contributed by atoms with van der Waals surface area (Å²) in [6.45, 7) is 35.3. The van der Waals surface area contributed by atoms with E-state index in [4.69, 9.17) is 37.4 Å². The lowest BCUT2D eigenvalue weighted by Crippen LogP contribution is -2.56. The number of hydrogen-bond donors (Lipinski definition) is 0. The van der Waals surface area contributed by atoms with E-state index in [9.17, 15) is 31.2 Å². The third-order valence-corrected chi connectivity index (χ3v) is 16.8. The molecule has 0 aliphatic carbocycles. The van der Waals surface area contributed by atoms with Gasteiger partial charge in [-0.1, -0.05) is 6.08 Å². The van der Waals surface area contributed by atoms with E-state index in [-0.39, 0.29) is 71.1 Å². The summed E-state index contributed by atoms with van der Waals surface area (Å²) in [5, 5.41) is 0. The molecule has 15 nitrogen and oxygen atoms in total. The zero-order valence-electron chi connectivity index (χ0n) is 42.5. The van der Waals surface area contributed by atoms with Crippen LogP contribution in [0.4, 0.5) is 22.8 Å². The second-order valence-corrected chi connectivity index (χ2v) is 26.6. The van der Waals surface area contributed by atoms with Crippen LogP contribution in [0.2, 0.25) is 0 Å².